The number of hydrogen-bond donors (Lipinski definition) is 1. The van der Waals surface area contributed by atoms with Gasteiger partial charge in [-0.2, -0.15) is 0 Å². The second-order valence-electron chi connectivity index (χ2n) is 9.40. The summed E-state index contributed by atoms with van der Waals surface area (Å²) in [6, 6.07) is 3.70. The minimum atomic E-state index is -1.27. The Morgan fingerprint density at radius 3 is 2.37 bits per heavy atom. The summed E-state index contributed by atoms with van der Waals surface area (Å²) in [7, 11) is 5.19. The van der Waals surface area contributed by atoms with E-state index in [4.69, 9.17) is 9.57 Å². The standard InChI is InChI=1S/C25H37FN4O5/c1-15(2)21(28(6)7)13-30-24(32)20(17(5)27-35-16(3)4)12-29(25(30)33)14-22(31)19-11-18(26)9-10-23(19)34-8/h9-12,15-16,21-22,31H,13-14H2,1-8H3/b27-17+/t21-,22?/m1/s1. The third-order valence-corrected chi connectivity index (χ3v) is 5.75. The van der Waals surface area contributed by atoms with Crippen LogP contribution in [0.4, 0.5) is 4.39 Å². The average molecular weight is 493 g/mol. The molecule has 0 bridgehead atoms. The van der Waals surface area contributed by atoms with Crippen molar-refractivity contribution in [1.29, 1.82) is 0 Å². The summed E-state index contributed by atoms with van der Waals surface area (Å²) in [5, 5.41) is 14.9. The van der Waals surface area contributed by atoms with Crippen LogP contribution in [-0.2, 0) is 17.9 Å². The largest absolute Gasteiger partial charge is 0.496 e. The van der Waals surface area contributed by atoms with E-state index < -0.39 is 23.2 Å². The van der Waals surface area contributed by atoms with E-state index >= 15 is 0 Å². The third kappa shape index (κ3) is 7.02. The van der Waals surface area contributed by atoms with Crippen molar-refractivity contribution in [2.75, 3.05) is 21.2 Å². The van der Waals surface area contributed by atoms with Crippen molar-refractivity contribution in [3.63, 3.8) is 0 Å². The van der Waals surface area contributed by atoms with Crippen molar-refractivity contribution in [1.82, 2.24) is 14.0 Å². The fourth-order valence-corrected chi connectivity index (χ4v) is 3.83. The van der Waals surface area contributed by atoms with E-state index in [2.05, 4.69) is 5.16 Å². The number of likely N-dealkylation sites (N-methyl/N-ethyl adjacent to an activating group) is 1. The van der Waals surface area contributed by atoms with Crippen molar-refractivity contribution in [3.05, 3.63) is 62.2 Å². The summed E-state index contributed by atoms with van der Waals surface area (Å²) >= 11 is 0. The van der Waals surface area contributed by atoms with Crippen LogP contribution in [0.2, 0.25) is 0 Å². The van der Waals surface area contributed by atoms with Gasteiger partial charge in [0, 0.05) is 24.3 Å². The number of benzene rings is 1. The predicted molar refractivity (Wildman–Crippen MR) is 134 cm³/mol. The topological polar surface area (TPSA) is 98.3 Å². The molecule has 0 saturated heterocycles. The molecule has 0 spiro atoms. The van der Waals surface area contributed by atoms with Crippen LogP contribution in [0.25, 0.3) is 0 Å². The molecule has 0 aliphatic heterocycles. The van der Waals surface area contributed by atoms with Gasteiger partial charge < -0.3 is 19.6 Å². The highest BCUT2D eigenvalue weighted by atomic mass is 19.1. The molecular formula is C25H37FN4O5. The maximum Gasteiger partial charge on any atom is 0.331 e. The summed E-state index contributed by atoms with van der Waals surface area (Å²) in [5.41, 5.74) is -0.413. The monoisotopic (exact) mass is 492 g/mol. The molecule has 0 saturated carbocycles. The van der Waals surface area contributed by atoms with Gasteiger partial charge >= 0.3 is 5.69 Å². The first-order valence-electron chi connectivity index (χ1n) is 11.6. The number of aromatic nitrogens is 2. The molecule has 0 aliphatic carbocycles. The van der Waals surface area contributed by atoms with Crippen molar-refractivity contribution >= 4 is 5.71 Å². The maximum atomic E-state index is 13.9. The van der Waals surface area contributed by atoms with Crippen LogP contribution in [0.3, 0.4) is 0 Å². The number of nitrogens with zero attached hydrogens (tertiary/aromatic N) is 4. The predicted octanol–water partition coefficient (Wildman–Crippen LogP) is 2.63. The van der Waals surface area contributed by atoms with Crippen molar-refractivity contribution in [2.45, 2.75) is 66.0 Å². The van der Waals surface area contributed by atoms with E-state index in [0.717, 1.165) is 10.6 Å². The Kier molecular flexibility index (Phi) is 9.79. The van der Waals surface area contributed by atoms with Crippen LogP contribution in [0.1, 0.15) is 51.8 Å². The minimum absolute atomic E-state index is 0.0958. The summed E-state index contributed by atoms with van der Waals surface area (Å²) in [6.45, 7) is 9.19. The Labute approximate surface area is 205 Å². The Bertz CT molecular complexity index is 1150. The zero-order valence-electron chi connectivity index (χ0n) is 21.8. The lowest BCUT2D eigenvalue weighted by atomic mass is 10.0. The molecule has 194 valence electrons. The lowest BCUT2D eigenvalue weighted by molar-refractivity contribution is 0.0859. The van der Waals surface area contributed by atoms with Crippen molar-refractivity contribution in [3.8, 4) is 5.75 Å². The van der Waals surface area contributed by atoms with Crippen LogP contribution >= 0.6 is 0 Å². The number of methoxy groups -OCH3 is 1. The highest BCUT2D eigenvalue weighted by Crippen LogP contribution is 2.27. The number of ether oxygens (including phenoxy) is 1. The second kappa shape index (κ2) is 12.1. The summed E-state index contributed by atoms with van der Waals surface area (Å²) in [6.07, 6.45) is -0.103. The highest BCUT2D eigenvalue weighted by molar-refractivity contribution is 5.97. The number of aliphatic hydroxyl groups excluding tert-OH is 1. The second-order valence-corrected chi connectivity index (χ2v) is 9.40. The van der Waals surface area contributed by atoms with E-state index in [1.165, 1.54) is 30.0 Å². The summed E-state index contributed by atoms with van der Waals surface area (Å²) in [4.78, 5) is 34.1. The lowest BCUT2D eigenvalue weighted by Crippen LogP contribution is -2.48. The van der Waals surface area contributed by atoms with Gasteiger partial charge in [0.15, 0.2) is 0 Å². The van der Waals surface area contributed by atoms with Gasteiger partial charge in [0.25, 0.3) is 5.56 Å². The van der Waals surface area contributed by atoms with Gasteiger partial charge in [0.1, 0.15) is 23.8 Å². The molecule has 2 rings (SSSR count). The number of hydrogen-bond acceptors (Lipinski definition) is 7. The van der Waals surface area contributed by atoms with Crippen LogP contribution < -0.4 is 16.0 Å². The van der Waals surface area contributed by atoms with Gasteiger partial charge in [-0.3, -0.25) is 13.9 Å². The zero-order chi connectivity index (χ0) is 26.4. The molecule has 35 heavy (non-hydrogen) atoms. The van der Waals surface area contributed by atoms with Gasteiger partial charge in [0.2, 0.25) is 0 Å². The van der Waals surface area contributed by atoms with Gasteiger partial charge in [-0.25, -0.2) is 9.18 Å². The van der Waals surface area contributed by atoms with E-state index in [9.17, 15) is 19.1 Å². The quantitative estimate of drug-likeness (QED) is 0.383. The summed E-state index contributed by atoms with van der Waals surface area (Å²) < 4.78 is 21.5. The molecule has 9 nitrogen and oxygen atoms in total. The van der Waals surface area contributed by atoms with Crippen molar-refractivity contribution < 1.29 is 19.1 Å². The summed E-state index contributed by atoms with van der Waals surface area (Å²) in [5.74, 6) is -0.0944. The molecule has 1 aromatic heterocycles. The van der Waals surface area contributed by atoms with Gasteiger partial charge in [-0.1, -0.05) is 19.0 Å². The van der Waals surface area contributed by atoms with Crippen LogP contribution in [0.15, 0.2) is 39.1 Å². The van der Waals surface area contributed by atoms with E-state index in [1.807, 2.05) is 46.7 Å². The maximum absolute atomic E-state index is 13.9. The lowest BCUT2D eigenvalue weighted by Gasteiger charge is -2.28. The Morgan fingerprint density at radius 2 is 1.83 bits per heavy atom. The highest BCUT2D eigenvalue weighted by Gasteiger charge is 2.23. The first-order valence-corrected chi connectivity index (χ1v) is 11.6. The number of rotatable bonds is 11. The Morgan fingerprint density at radius 1 is 1.17 bits per heavy atom. The van der Waals surface area contributed by atoms with Crippen molar-refractivity contribution in [2.24, 2.45) is 11.1 Å². The van der Waals surface area contributed by atoms with E-state index in [-0.39, 0.29) is 48.0 Å². The molecule has 2 atom stereocenters. The average Bonchev–Trinajstić information content (AvgIpc) is 2.78. The molecule has 2 aromatic rings. The molecule has 1 aromatic carbocycles. The Hall–Kier alpha value is -2.98. The molecule has 10 heteroatoms. The number of halogens is 1. The molecule has 1 N–H and O–H groups in total. The normalized spacial score (nSPS) is 14.0. The van der Waals surface area contributed by atoms with Crippen LogP contribution in [0, 0.1) is 11.7 Å². The zero-order valence-corrected chi connectivity index (χ0v) is 21.8. The van der Waals surface area contributed by atoms with Gasteiger partial charge in [0.05, 0.1) is 24.9 Å². The van der Waals surface area contributed by atoms with Crippen LogP contribution in [0.5, 0.6) is 5.75 Å². The first-order chi connectivity index (χ1) is 16.4. The molecule has 0 amide bonds. The van der Waals surface area contributed by atoms with E-state index in [0.29, 0.717) is 5.71 Å². The fourth-order valence-electron chi connectivity index (χ4n) is 3.83. The van der Waals surface area contributed by atoms with E-state index in [1.54, 1.807) is 6.92 Å². The molecule has 1 unspecified atom stereocenters. The molecule has 0 aliphatic rings. The molecular weight excluding hydrogens is 455 g/mol. The minimum Gasteiger partial charge on any atom is -0.496 e. The van der Waals surface area contributed by atoms with Gasteiger partial charge in [-0.05, 0) is 59.0 Å². The SMILES string of the molecule is COc1ccc(F)cc1C(O)Cn1cc(/C(C)=N/OC(C)C)c(=O)n(C[C@H](C(C)C)N(C)C)c1=O. The Balaban J connectivity index is 2.65. The number of aliphatic hydroxyl groups is 1. The third-order valence-electron chi connectivity index (χ3n) is 5.75. The van der Waals surface area contributed by atoms with Crippen LogP contribution in [-0.4, -0.2) is 58.2 Å². The molecule has 0 fully saturated rings. The molecule has 0 radical (unpaired) electrons. The smallest absolute Gasteiger partial charge is 0.331 e. The fraction of sp³-hybridized carbons (Fsp3) is 0.560. The van der Waals surface area contributed by atoms with Gasteiger partial charge in [-0.15, -0.1) is 0 Å². The first kappa shape index (κ1) is 28.3. The number of oxime groups is 1. The molecule has 1 heterocycles.